The third-order valence-electron chi connectivity index (χ3n) is 8.62. The van der Waals surface area contributed by atoms with Gasteiger partial charge < -0.3 is 13.7 Å². The molecular formula is C44H27NO2. The number of benzene rings is 8. The predicted octanol–water partition coefficient (Wildman–Crippen LogP) is 12.9. The fraction of sp³-hybridized carbons (Fsp3) is 0. The second-order valence-corrected chi connectivity index (χ2v) is 11.3. The number of furan rings is 2. The van der Waals surface area contributed by atoms with Crippen molar-refractivity contribution in [3.8, 4) is 11.1 Å². The summed E-state index contributed by atoms with van der Waals surface area (Å²) in [5.74, 6) is 0. The van der Waals surface area contributed by atoms with Crippen molar-refractivity contribution in [3.63, 3.8) is 0 Å². The second-order valence-electron chi connectivity index (χ2n) is 11.3. The van der Waals surface area contributed by atoms with Gasteiger partial charge >= 0.3 is 0 Å². The maximum atomic E-state index is 9.63. The minimum Gasteiger partial charge on any atom is -0.456 e. The Morgan fingerprint density at radius 2 is 1.23 bits per heavy atom. The van der Waals surface area contributed by atoms with Gasteiger partial charge in [0.25, 0.3) is 0 Å². The van der Waals surface area contributed by atoms with Crippen molar-refractivity contribution >= 4 is 82.5 Å². The van der Waals surface area contributed by atoms with Crippen molar-refractivity contribution < 1.29 is 23.9 Å². The van der Waals surface area contributed by atoms with Gasteiger partial charge in [0.2, 0.25) is 0 Å². The molecular weight excluding hydrogens is 574 g/mol. The Labute approximate surface area is 285 Å². The standard InChI is InChI=1S/C44H27NO2/c1-3-12-33-29(9-1)11-7-15-38(33)45(39-16-8-18-42-43(39)36-25-21-30-10-2-4-13-34(30)44(36)47-42)32-23-19-28(20-24-32)31-22-26-41-37(27-31)35-14-5-6-17-40(35)46-41/h1-27H/i1D,3D,7D,9D,11D,12D,15D,19D,20D,23D,24D. The molecule has 0 radical (unpaired) electrons. The number of anilines is 3. The molecule has 220 valence electrons. The first kappa shape index (κ1) is 17.4. The van der Waals surface area contributed by atoms with Crippen LogP contribution in [0.4, 0.5) is 17.1 Å². The number of hydrogen-bond acceptors (Lipinski definition) is 3. The number of para-hydroxylation sites is 1. The van der Waals surface area contributed by atoms with E-state index in [1.807, 2.05) is 60.7 Å². The molecule has 3 heteroatoms. The molecule has 0 aliphatic heterocycles. The van der Waals surface area contributed by atoms with Crippen molar-refractivity contribution in [3.05, 3.63) is 164 Å². The molecule has 10 rings (SSSR count). The highest BCUT2D eigenvalue weighted by Crippen LogP contribution is 2.46. The van der Waals surface area contributed by atoms with Crippen LogP contribution >= 0.6 is 0 Å². The zero-order chi connectivity index (χ0) is 40.5. The first-order chi connectivity index (χ1) is 27.9. The quantitative estimate of drug-likeness (QED) is 0.198. The summed E-state index contributed by atoms with van der Waals surface area (Å²) >= 11 is 0. The van der Waals surface area contributed by atoms with E-state index in [1.165, 1.54) is 4.90 Å². The van der Waals surface area contributed by atoms with E-state index >= 15 is 0 Å². The van der Waals surface area contributed by atoms with Gasteiger partial charge in [0.1, 0.15) is 22.3 Å². The SMILES string of the molecule is [2H]c1c([2H])c(N(c2c([2H])c([2H])c([2H])c3c([2H])c([2H])c([2H])c([2H])c23)c2cccc3oc4c5ccccc5ccc4c23)c([2H])c([2H])c1-c1ccc2oc3ccccc3c2c1. The molecule has 0 N–H and O–H groups in total. The van der Waals surface area contributed by atoms with Gasteiger partial charge in [-0.05, 0) is 76.4 Å². The van der Waals surface area contributed by atoms with E-state index in [0.717, 1.165) is 21.5 Å². The number of fused-ring (bicyclic) bond motifs is 9. The smallest absolute Gasteiger partial charge is 0.143 e. The maximum Gasteiger partial charge on any atom is 0.143 e. The summed E-state index contributed by atoms with van der Waals surface area (Å²) in [5, 5.41) is 3.70. The highest BCUT2D eigenvalue weighted by atomic mass is 16.3. The molecule has 3 nitrogen and oxygen atoms in total. The van der Waals surface area contributed by atoms with Crippen LogP contribution in [0.15, 0.2) is 172 Å². The number of nitrogens with zero attached hydrogens (tertiary/aromatic N) is 1. The van der Waals surface area contributed by atoms with Crippen LogP contribution in [-0.4, -0.2) is 0 Å². The first-order valence-electron chi connectivity index (χ1n) is 20.5. The van der Waals surface area contributed by atoms with Gasteiger partial charge in [0.05, 0.1) is 31.8 Å². The van der Waals surface area contributed by atoms with Crippen molar-refractivity contribution in [2.45, 2.75) is 0 Å². The lowest BCUT2D eigenvalue weighted by atomic mass is 10.0. The van der Waals surface area contributed by atoms with Gasteiger partial charge in [-0.3, -0.25) is 0 Å². The van der Waals surface area contributed by atoms with Crippen LogP contribution in [0.25, 0.3) is 76.5 Å². The molecule has 0 unspecified atom stereocenters. The second kappa shape index (κ2) is 10.1. The predicted molar refractivity (Wildman–Crippen MR) is 196 cm³/mol. The molecule has 0 spiro atoms. The van der Waals surface area contributed by atoms with Crippen molar-refractivity contribution in [2.24, 2.45) is 0 Å². The van der Waals surface area contributed by atoms with E-state index in [2.05, 4.69) is 0 Å². The minimum atomic E-state index is -0.653. The molecule has 47 heavy (non-hydrogen) atoms. The molecule has 2 heterocycles. The van der Waals surface area contributed by atoms with E-state index in [0.29, 0.717) is 38.7 Å². The van der Waals surface area contributed by atoms with Crippen LogP contribution in [0.5, 0.6) is 0 Å². The molecule has 0 aliphatic rings. The average molecular weight is 613 g/mol. The first-order valence-corrected chi connectivity index (χ1v) is 15.0. The van der Waals surface area contributed by atoms with Gasteiger partial charge in [-0.15, -0.1) is 0 Å². The molecule has 2 aromatic heterocycles. The van der Waals surface area contributed by atoms with E-state index < -0.39 is 66.5 Å². The fourth-order valence-electron chi connectivity index (χ4n) is 6.48. The Balaban J connectivity index is 1.35. The van der Waals surface area contributed by atoms with Crippen LogP contribution in [0.1, 0.15) is 15.1 Å². The lowest BCUT2D eigenvalue weighted by Crippen LogP contribution is -2.10. The molecule has 8 aromatic carbocycles. The lowest BCUT2D eigenvalue weighted by Gasteiger charge is -2.27. The summed E-state index contributed by atoms with van der Waals surface area (Å²) < 4.78 is 113. The fourth-order valence-corrected chi connectivity index (χ4v) is 6.48. The lowest BCUT2D eigenvalue weighted by molar-refractivity contribution is 0.669. The molecule has 0 saturated carbocycles. The third kappa shape index (κ3) is 4.00. The Morgan fingerprint density at radius 3 is 2.17 bits per heavy atom. The summed E-state index contributed by atoms with van der Waals surface area (Å²) in [7, 11) is 0. The molecule has 0 bridgehead atoms. The van der Waals surface area contributed by atoms with Gasteiger partial charge in [-0.25, -0.2) is 0 Å². The van der Waals surface area contributed by atoms with Crippen LogP contribution < -0.4 is 4.90 Å². The summed E-state index contributed by atoms with van der Waals surface area (Å²) in [6.07, 6.45) is 0. The van der Waals surface area contributed by atoms with Crippen LogP contribution in [0, 0.1) is 0 Å². The molecule has 0 atom stereocenters. The van der Waals surface area contributed by atoms with Crippen LogP contribution in [-0.2, 0) is 0 Å². The van der Waals surface area contributed by atoms with E-state index in [-0.39, 0.29) is 33.4 Å². The molecule has 10 aromatic rings. The molecule has 0 saturated heterocycles. The minimum absolute atomic E-state index is 0.00452. The summed E-state index contributed by atoms with van der Waals surface area (Å²) in [6.45, 7) is 0. The van der Waals surface area contributed by atoms with E-state index in [9.17, 15) is 6.85 Å². The summed E-state index contributed by atoms with van der Waals surface area (Å²) in [6, 6.07) is 22.8. The van der Waals surface area contributed by atoms with Gasteiger partial charge in [0.15, 0.2) is 0 Å². The highest BCUT2D eigenvalue weighted by molar-refractivity contribution is 6.20. The largest absolute Gasteiger partial charge is 0.456 e. The zero-order valence-corrected chi connectivity index (χ0v) is 24.5. The topological polar surface area (TPSA) is 29.5 Å². The zero-order valence-electron chi connectivity index (χ0n) is 35.5. The Hall–Kier alpha value is -6.32. The third-order valence-corrected chi connectivity index (χ3v) is 8.62. The van der Waals surface area contributed by atoms with Gasteiger partial charge in [-0.1, -0.05) is 109 Å². The molecule has 0 fully saturated rings. The Bertz CT molecular complexity index is 3410. The summed E-state index contributed by atoms with van der Waals surface area (Å²) in [4.78, 5) is 1.27. The average Bonchev–Trinajstić information content (AvgIpc) is 3.81. The van der Waals surface area contributed by atoms with Crippen molar-refractivity contribution in [1.82, 2.24) is 0 Å². The van der Waals surface area contributed by atoms with Gasteiger partial charge in [0, 0.05) is 32.6 Å². The van der Waals surface area contributed by atoms with Crippen molar-refractivity contribution in [2.75, 3.05) is 4.90 Å². The van der Waals surface area contributed by atoms with Crippen LogP contribution in [0.3, 0.4) is 0 Å². The number of rotatable bonds is 4. The van der Waals surface area contributed by atoms with Crippen molar-refractivity contribution in [1.29, 1.82) is 0 Å². The maximum absolute atomic E-state index is 9.63. The Morgan fingerprint density at radius 1 is 0.447 bits per heavy atom. The van der Waals surface area contributed by atoms with Crippen LogP contribution in [0.2, 0.25) is 0 Å². The number of hydrogen-bond donors (Lipinski definition) is 0. The van der Waals surface area contributed by atoms with Gasteiger partial charge in [-0.2, -0.15) is 0 Å². The monoisotopic (exact) mass is 612 g/mol. The van der Waals surface area contributed by atoms with E-state index in [1.54, 1.807) is 36.4 Å². The molecule has 0 aliphatic carbocycles. The summed E-state index contributed by atoms with van der Waals surface area (Å²) in [5.41, 5.74) is 2.09. The normalized spacial score (nSPS) is 15.1. The van der Waals surface area contributed by atoms with E-state index in [4.69, 9.17) is 17.1 Å². The highest BCUT2D eigenvalue weighted by Gasteiger charge is 2.21. The molecule has 0 amide bonds. The Kier molecular flexibility index (Phi) is 3.74.